The van der Waals surface area contributed by atoms with Crippen LogP contribution in [0.25, 0.3) is 0 Å². The molecule has 0 spiro atoms. The molecule has 0 fully saturated rings. The highest BCUT2D eigenvalue weighted by molar-refractivity contribution is 9.10. The molecule has 0 saturated carbocycles. The molecular formula is C17H15Br2FO. The first-order chi connectivity index (χ1) is 9.97. The second kappa shape index (κ2) is 5.82. The van der Waals surface area contributed by atoms with Crippen LogP contribution in [0.4, 0.5) is 4.39 Å². The Balaban J connectivity index is 1.86. The van der Waals surface area contributed by atoms with Crippen LogP contribution >= 0.6 is 31.9 Å². The van der Waals surface area contributed by atoms with Crippen molar-refractivity contribution in [3.8, 4) is 0 Å². The van der Waals surface area contributed by atoms with Gasteiger partial charge >= 0.3 is 0 Å². The fraction of sp³-hybridized carbons (Fsp3) is 0.294. The second-order valence-corrected chi connectivity index (χ2v) is 7.41. The highest BCUT2D eigenvalue weighted by Crippen LogP contribution is 2.34. The fourth-order valence-electron chi connectivity index (χ4n) is 3.00. The number of hydrogen-bond donors (Lipinski definition) is 1. The van der Waals surface area contributed by atoms with Gasteiger partial charge in [0.15, 0.2) is 0 Å². The Hall–Kier alpha value is -0.710. The summed E-state index contributed by atoms with van der Waals surface area (Å²) in [5, 5.41) is 10.9. The van der Waals surface area contributed by atoms with E-state index in [1.54, 1.807) is 6.07 Å². The van der Waals surface area contributed by atoms with E-state index in [0.717, 1.165) is 16.5 Å². The van der Waals surface area contributed by atoms with Crippen molar-refractivity contribution in [2.75, 3.05) is 0 Å². The van der Waals surface area contributed by atoms with E-state index < -0.39 is 5.60 Å². The zero-order valence-corrected chi connectivity index (χ0v) is 14.5. The van der Waals surface area contributed by atoms with Gasteiger partial charge in [-0.3, -0.25) is 0 Å². The predicted molar refractivity (Wildman–Crippen MR) is 88.9 cm³/mol. The Labute approximate surface area is 140 Å². The zero-order valence-electron chi connectivity index (χ0n) is 11.4. The van der Waals surface area contributed by atoms with Crippen LogP contribution in [-0.2, 0) is 19.3 Å². The Morgan fingerprint density at radius 2 is 1.95 bits per heavy atom. The van der Waals surface area contributed by atoms with Crippen LogP contribution in [0.2, 0.25) is 0 Å². The van der Waals surface area contributed by atoms with E-state index in [2.05, 4.69) is 44.0 Å². The van der Waals surface area contributed by atoms with Crippen LogP contribution in [0.3, 0.4) is 0 Å². The first-order valence-electron chi connectivity index (χ1n) is 6.89. The molecule has 1 nitrogen and oxygen atoms in total. The summed E-state index contributed by atoms with van der Waals surface area (Å²) in [7, 11) is 0. The molecule has 110 valence electrons. The second-order valence-electron chi connectivity index (χ2n) is 5.70. The summed E-state index contributed by atoms with van der Waals surface area (Å²) < 4.78 is 15.1. The molecule has 3 rings (SSSR count). The van der Waals surface area contributed by atoms with Gasteiger partial charge in [0.25, 0.3) is 0 Å². The van der Waals surface area contributed by atoms with Crippen LogP contribution in [0.1, 0.15) is 23.1 Å². The van der Waals surface area contributed by atoms with Gasteiger partial charge in [-0.15, -0.1) is 0 Å². The lowest BCUT2D eigenvalue weighted by Gasteiger charge is -2.34. The van der Waals surface area contributed by atoms with E-state index in [0.29, 0.717) is 23.7 Å². The molecule has 1 aliphatic rings. The van der Waals surface area contributed by atoms with E-state index >= 15 is 0 Å². The number of hydrogen-bond acceptors (Lipinski definition) is 1. The topological polar surface area (TPSA) is 20.2 Å². The first kappa shape index (κ1) is 15.2. The predicted octanol–water partition coefficient (Wildman–Crippen LogP) is 4.81. The quantitative estimate of drug-likeness (QED) is 0.748. The monoisotopic (exact) mass is 412 g/mol. The normalized spacial score (nSPS) is 21.1. The molecule has 0 bridgehead atoms. The van der Waals surface area contributed by atoms with Crippen molar-refractivity contribution in [1.82, 2.24) is 0 Å². The molecule has 1 aliphatic carbocycles. The summed E-state index contributed by atoms with van der Waals surface area (Å²) in [5.41, 5.74) is 2.47. The maximum Gasteiger partial charge on any atom is 0.137 e. The summed E-state index contributed by atoms with van der Waals surface area (Å²) in [6.07, 6.45) is 2.61. The van der Waals surface area contributed by atoms with Crippen LogP contribution < -0.4 is 0 Å². The van der Waals surface area contributed by atoms with Crippen LogP contribution in [0.15, 0.2) is 45.3 Å². The van der Waals surface area contributed by atoms with Gasteiger partial charge in [0.1, 0.15) is 5.82 Å². The zero-order chi connectivity index (χ0) is 15.0. The third-order valence-corrected chi connectivity index (χ3v) is 5.48. The van der Waals surface area contributed by atoms with Crippen molar-refractivity contribution in [2.45, 2.75) is 31.3 Å². The number of fused-ring (bicyclic) bond motifs is 1. The number of halogens is 3. The van der Waals surface area contributed by atoms with Gasteiger partial charge in [-0.2, -0.15) is 0 Å². The molecule has 1 atom stereocenters. The van der Waals surface area contributed by atoms with Gasteiger partial charge in [-0.1, -0.05) is 34.1 Å². The molecule has 2 aromatic carbocycles. The van der Waals surface area contributed by atoms with Gasteiger partial charge in [0.05, 0.1) is 10.1 Å². The fourth-order valence-corrected chi connectivity index (χ4v) is 3.81. The minimum absolute atomic E-state index is 0.281. The minimum atomic E-state index is -0.808. The average molecular weight is 414 g/mol. The van der Waals surface area contributed by atoms with Crippen LogP contribution in [0.5, 0.6) is 0 Å². The summed E-state index contributed by atoms with van der Waals surface area (Å²) in [4.78, 5) is 0. The summed E-state index contributed by atoms with van der Waals surface area (Å²) in [6.45, 7) is 0. The highest BCUT2D eigenvalue weighted by Gasteiger charge is 2.33. The third-order valence-electron chi connectivity index (χ3n) is 4.10. The smallest absolute Gasteiger partial charge is 0.137 e. The Morgan fingerprint density at radius 1 is 1.14 bits per heavy atom. The molecule has 21 heavy (non-hydrogen) atoms. The number of benzene rings is 2. The first-order valence-corrected chi connectivity index (χ1v) is 8.48. The average Bonchev–Trinajstić information content (AvgIpc) is 2.44. The van der Waals surface area contributed by atoms with Gasteiger partial charge in [0, 0.05) is 17.3 Å². The van der Waals surface area contributed by atoms with Gasteiger partial charge in [0.2, 0.25) is 0 Å². The van der Waals surface area contributed by atoms with Gasteiger partial charge in [-0.25, -0.2) is 4.39 Å². The lowest BCUT2D eigenvalue weighted by atomic mass is 9.77. The highest BCUT2D eigenvalue weighted by atomic mass is 79.9. The van der Waals surface area contributed by atoms with Crippen molar-refractivity contribution in [2.24, 2.45) is 0 Å². The summed E-state index contributed by atoms with van der Waals surface area (Å²) >= 11 is 6.76. The molecule has 2 aromatic rings. The maximum absolute atomic E-state index is 13.6. The minimum Gasteiger partial charge on any atom is -0.389 e. The molecule has 0 aliphatic heterocycles. The molecule has 0 saturated heterocycles. The van der Waals surface area contributed by atoms with E-state index in [1.165, 1.54) is 17.2 Å². The molecule has 4 heteroatoms. The third kappa shape index (κ3) is 3.22. The van der Waals surface area contributed by atoms with Crippen molar-refractivity contribution in [3.05, 3.63) is 67.9 Å². The van der Waals surface area contributed by atoms with E-state index in [4.69, 9.17) is 0 Å². The van der Waals surface area contributed by atoms with Crippen LogP contribution in [-0.4, -0.2) is 10.7 Å². The Bertz CT molecular complexity index is 686. The Morgan fingerprint density at radius 3 is 2.76 bits per heavy atom. The van der Waals surface area contributed by atoms with Crippen LogP contribution in [0, 0.1) is 5.82 Å². The van der Waals surface area contributed by atoms with Gasteiger partial charge < -0.3 is 5.11 Å². The molecule has 0 aromatic heterocycles. The van der Waals surface area contributed by atoms with E-state index in [9.17, 15) is 9.50 Å². The van der Waals surface area contributed by atoms with Gasteiger partial charge in [-0.05, 0) is 63.7 Å². The standard InChI is InChI=1S/C17H15Br2FO/c18-14-5-4-12-9-17(21,7-6-11(12)8-14)10-13-2-1-3-15(20)16(13)19/h1-5,8,21H,6-7,9-10H2. The largest absolute Gasteiger partial charge is 0.389 e. The number of rotatable bonds is 2. The molecule has 1 unspecified atom stereocenters. The van der Waals surface area contributed by atoms with Crippen molar-refractivity contribution < 1.29 is 9.50 Å². The Kier molecular flexibility index (Phi) is 4.21. The molecule has 1 N–H and O–H groups in total. The number of aryl methyl sites for hydroxylation is 1. The van der Waals surface area contributed by atoms with Crippen molar-refractivity contribution in [3.63, 3.8) is 0 Å². The summed E-state index contributed by atoms with van der Waals surface area (Å²) in [5.74, 6) is -0.281. The number of aliphatic hydroxyl groups is 1. The summed E-state index contributed by atoms with van der Waals surface area (Å²) in [6, 6.07) is 11.2. The van der Waals surface area contributed by atoms with E-state index in [1.807, 2.05) is 12.1 Å². The van der Waals surface area contributed by atoms with Crippen molar-refractivity contribution in [1.29, 1.82) is 0 Å². The van der Waals surface area contributed by atoms with E-state index in [-0.39, 0.29) is 5.82 Å². The lowest BCUT2D eigenvalue weighted by Crippen LogP contribution is -2.38. The molecule has 0 amide bonds. The lowest BCUT2D eigenvalue weighted by molar-refractivity contribution is 0.0265. The SMILES string of the molecule is OC1(Cc2cccc(F)c2Br)CCc2cc(Br)ccc2C1. The maximum atomic E-state index is 13.6. The molecule has 0 radical (unpaired) electrons. The van der Waals surface area contributed by atoms with Crippen molar-refractivity contribution >= 4 is 31.9 Å². The molecular weight excluding hydrogens is 399 g/mol. The molecule has 0 heterocycles.